The van der Waals surface area contributed by atoms with E-state index in [1.807, 2.05) is 0 Å². The number of carbonyl (C=O) groups is 3. The third-order valence-corrected chi connectivity index (χ3v) is 6.41. The average Bonchev–Trinajstić information content (AvgIpc) is 3.41. The van der Waals surface area contributed by atoms with Gasteiger partial charge in [-0.05, 0) is 57.0 Å². The number of amides is 1. The van der Waals surface area contributed by atoms with Crippen LogP contribution in [-0.2, 0) is 14.3 Å². The summed E-state index contributed by atoms with van der Waals surface area (Å²) in [6.45, 7) is 8.24. The lowest BCUT2D eigenvalue weighted by Gasteiger charge is -2.29. The number of methoxy groups -OCH3 is 2. The maximum Gasteiger partial charge on any atom is 0.329 e. The molecule has 0 saturated carbocycles. The van der Waals surface area contributed by atoms with Crippen molar-refractivity contribution in [3.63, 3.8) is 0 Å². The topological polar surface area (TPSA) is 96.4 Å². The number of unbranched alkanes of at least 4 members (excludes halogenated alkanes) is 4. The Bertz CT molecular complexity index is 835. The van der Waals surface area contributed by atoms with Gasteiger partial charge in [0, 0.05) is 31.7 Å². The van der Waals surface area contributed by atoms with Gasteiger partial charge in [0.25, 0.3) is 0 Å². The van der Waals surface area contributed by atoms with Crippen molar-refractivity contribution in [3.8, 4) is 11.5 Å². The van der Waals surface area contributed by atoms with Crippen molar-refractivity contribution in [3.05, 3.63) is 36.4 Å². The molecule has 1 unspecified atom stereocenters. The molecule has 202 valence electrons. The Morgan fingerprint density at radius 2 is 1.81 bits per heavy atom. The molecule has 1 aromatic rings. The SMILES string of the molecule is C=CC(=O)OC.CCCCCCCC(=O)N(C)C(CCN1CCCC1)C(=O)c1ccc(OC)c(O)c1. The second-order valence-corrected chi connectivity index (χ2v) is 9.00. The summed E-state index contributed by atoms with van der Waals surface area (Å²) in [5.41, 5.74) is 0.405. The van der Waals surface area contributed by atoms with Crippen LogP contribution in [0.25, 0.3) is 0 Å². The molecule has 1 heterocycles. The van der Waals surface area contributed by atoms with E-state index >= 15 is 0 Å². The van der Waals surface area contributed by atoms with Crippen LogP contribution in [0.5, 0.6) is 11.5 Å². The molecule has 0 bridgehead atoms. The fraction of sp³-hybridized carbons (Fsp3) is 0.607. The van der Waals surface area contributed by atoms with Gasteiger partial charge in [-0.2, -0.15) is 0 Å². The largest absolute Gasteiger partial charge is 0.504 e. The molecular formula is C28H44N2O6. The summed E-state index contributed by atoms with van der Waals surface area (Å²) in [5.74, 6) is -0.240. The van der Waals surface area contributed by atoms with Crippen molar-refractivity contribution >= 4 is 17.7 Å². The van der Waals surface area contributed by atoms with Gasteiger partial charge in [0.1, 0.15) is 0 Å². The van der Waals surface area contributed by atoms with Gasteiger partial charge in [0.2, 0.25) is 5.91 Å². The standard InChI is InChI=1S/C24H38N2O4.C4H6O2/c1-4-5-6-7-8-11-23(28)25(2)20(14-17-26-15-9-10-16-26)24(29)19-12-13-22(30-3)21(27)18-19;1-3-4(5)6-2/h12-13,18,20,27H,4-11,14-17H2,1-3H3;3H,1H2,2H3. The normalized spacial score (nSPS) is 13.8. The van der Waals surface area contributed by atoms with Crippen LogP contribution in [0.1, 0.15) is 75.1 Å². The number of esters is 1. The number of likely N-dealkylation sites (N-methyl/N-ethyl adjacent to an activating group) is 1. The van der Waals surface area contributed by atoms with Crippen LogP contribution in [0.4, 0.5) is 0 Å². The molecule has 0 aliphatic carbocycles. The Morgan fingerprint density at radius 1 is 1.14 bits per heavy atom. The van der Waals surface area contributed by atoms with Gasteiger partial charge in [0.05, 0.1) is 20.3 Å². The lowest BCUT2D eigenvalue weighted by atomic mass is 9.99. The molecule has 1 aliphatic rings. The molecule has 0 spiro atoms. The van der Waals surface area contributed by atoms with E-state index in [2.05, 4.69) is 23.1 Å². The number of nitrogens with zero attached hydrogens (tertiary/aromatic N) is 2. The zero-order chi connectivity index (χ0) is 26.9. The van der Waals surface area contributed by atoms with E-state index in [4.69, 9.17) is 4.74 Å². The quantitative estimate of drug-likeness (QED) is 0.171. The van der Waals surface area contributed by atoms with E-state index in [9.17, 15) is 19.5 Å². The molecule has 36 heavy (non-hydrogen) atoms. The predicted octanol–water partition coefficient (Wildman–Crippen LogP) is 4.60. The van der Waals surface area contributed by atoms with Crippen LogP contribution < -0.4 is 4.74 Å². The molecule has 1 N–H and O–H groups in total. The minimum absolute atomic E-state index is 0.0176. The third-order valence-electron chi connectivity index (χ3n) is 6.41. The van der Waals surface area contributed by atoms with Crippen LogP contribution in [-0.4, -0.2) is 79.5 Å². The highest BCUT2D eigenvalue weighted by atomic mass is 16.5. The highest BCUT2D eigenvalue weighted by molar-refractivity contribution is 6.02. The summed E-state index contributed by atoms with van der Waals surface area (Å²) in [7, 11) is 4.52. The van der Waals surface area contributed by atoms with Gasteiger partial charge in [-0.25, -0.2) is 4.79 Å². The third kappa shape index (κ3) is 10.8. The van der Waals surface area contributed by atoms with Crippen LogP contribution >= 0.6 is 0 Å². The van der Waals surface area contributed by atoms with E-state index in [1.165, 1.54) is 46.0 Å². The Kier molecular flexibility index (Phi) is 15.2. The highest BCUT2D eigenvalue weighted by Gasteiger charge is 2.29. The molecule has 1 saturated heterocycles. The highest BCUT2D eigenvalue weighted by Crippen LogP contribution is 2.27. The number of ketones is 1. The Morgan fingerprint density at radius 3 is 2.33 bits per heavy atom. The summed E-state index contributed by atoms with van der Waals surface area (Å²) < 4.78 is 9.22. The molecule has 8 heteroatoms. The number of hydrogen-bond donors (Lipinski definition) is 1. The van der Waals surface area contributed by atoms with Crippen molar-refractivity contribution in [2.45, 2.75) is 70.8 Å². The number of Topliss-reactive ketones (excluding diaryl/α,β-unsaturated/α-hetero) is 1. The van der Waals surface area contributed by atoms with Crippen molar-refractivity contribution in [2.24, 2.45) is 0 Å². The summed E-state index contributed by atoms with van der Waals surface area (Å²) in [4.78, 5) is 39.9. The summed E-state index contributed by atoms with van der Waals surface area (Å²) in [5, 5.41) is 10.1. The van der Waals surface area contributed by atoms with Crippen molar-refractivity contribution < 1.29 is 29.0 Å². The number of phenols is 1. The smallest absolute Gasteiger partial charge is 0.329 e. The molecule has 0 aromatic heterocycles. The Balaban J connectivity index is 0.000000960. The van der Waals surface area contributed by atoms with Gasteiger partial charge in [0.15, 0.2) is 17.3 Å². The van der Waals surface area contributed by atoms with Crippen LogP contribution in [0.2, 0.25) is 0 Å². The molecule has 1 aliphatic heterocycles. The molecule has 2 rings (SSSR count). The molecular weight excluding hydrogens is 460 g/mol. The number of ether oxygens (including phenoxy) is 2. The molecule has 1 atom stereocenters. The first kappa shape index (κ1) is 31.2. The Hall–Kier alpha value is -2.87. The first-order valence-corrected chi connectivity index (χ1v) is 12.9. The van der Waals surface area contributed by atoms with Crippen LogP contribution in [0, 0.1) is 0 Å². The lowest BCUT2D eigenvalue weighted by molar-refractivity contribution is -0.135. The Labute approximate surface area is 216 Å². The molecule has 1 amide bonds. The van der Waals surface area contributed by atoms with Gasteiger partial charge in [-0.3, -0.25) is 9.59 Å². The number of rotatable bonds is 14. The second kappa shape index (κ2) is 17.5. The first-order valence-electron chi connectivity index (χ1n) is 12.9. The summed E-state index contributed by atoms with van der Waals surface area (Å²) in [6.07, 6.45) is 10.00. The zero-order valence-electron chi connectivity index (χ0n) is 22.5. The fourth-order valence-electron chi connectivity index (χ4n) is 4.16. The van der Waals surface area contributed by atoms with E-state index < -0.39 is 12.0 Å². The first-order chi connectivity index (χ1) is 17.3. The number of aromatic hydroxyl groups is 1. The van der Waals surface area contributed by atoms with Crippen molar-refractivity contribution in [2.75, 3.05) is 40.9 Å². The second-order valence-electron chi connectivity index (χ2n) is 9.00. The van der Waals surface area contributed by atoms with Gasteiger partial charge in [-0.15, -0.1) is 0 Å². The molecule has 1 fully saturated rings. The summed E-state index contributed by atoms with van der Waals surface area (Å²) >= 11 is 0. The number of likely N-dealkylation sites (tertiary alicyclic amines) is 1. The molecule has 1 aromatic carbocycles. The van der Waals surface area contributed by atoms with Crippen LogP contribution in [0.15, 0.2) is 30.9 Å². The summed E-state index contributed by atoms with van der Waals surface area (Å²) in [6, 6.07) is 4.16. The van der Waals surface area contributed by atoms with Gasteiger partial charge >= 0.3 is 5.97 Å². The average molecular weight is 505 g/mol. The minimum Gasteiger partial charge on any atom is -0.504 e. The van der Waals surface area contributed by atoms with Gasteiger partial charge in [-0.1, -0.05) is 39.2 Å². The molecule has 0 radical (unpaired) electrons. The lowest BCUT2D eigenvalue weighted by Crippen LogP contribution is -2.44. The monoisotopic (exact) mass is 504 g/mol. The zero-order valence-corrected chi connectivity index (χ0v) is 22.5. The predicted molar refractivity (Wildman–Crippen MR) is 141 cm³/mol. The molecule has 8 nitrogen and oxygen atoms in total. The van der Waals surface area contributed by atoms with E-state index in [-0.39, 0.29) is 17.4 Å². The van der Waals surface area contributed by atoms with E-state index in [1.54, 1.807) is 24.1 Å². The van der Waals surface area contributed by atoms with Gasteiger partial charge < -0.3 is 24.4 Å². The number of phenolic OH excluding ortho intramolecular Hbond substituents is 1. The van der Waals surface area contributed by atoms with Crippen LogP contribution in [0.3, 0.4) is 0 Å². The number of hydrogen-bond acceptors (Lipinski definition) is 7. The number of benzene rings is 1. The van der Waals surface area contributed by atoms with Crippen molar-refractivity contribution in [1.29, 1.82) is 0 Å². The maximum absolute atomic E-state index is 13.3. The van der Waals surface area contributed by atoms with Crippen molar-refractivity contribution in [1.82, 2.24) is 9.80 Å². The van der Waals surface area contributed by atoms with E-state index in [0.717, 1.165) is 45.0 Å². The van der Waals surface area contributed by atoms with E-state index in [0.29, 0.717) is 24.2 Å². The number of carbonyl (C=O) groups excluding carboxylic acids is 3. The maximum atomic E-state index is 13.3. The minimum atomic E-state index is -0.526. The fourth-order valence-corrected chi connectivity index (χ4v) is 4.16.